The number of fused-ring (bicyclic) bond motifs is 4. The maximum absolute atomic E-state index is 15.6. The van der Waals surface area contributed by atoms with Crippen LogP contribution in [0.4, 0.5) is 18.9 Å². The van der Waals surface area contributed by atoms with Gasteiger partial charge in [-0.3, -0.25) is 14.5 Å². The Labute approximate surface area is 331 Å². The number of hydrogen-bond acceptors (Lipinski definition) is 7. The number of carboxylic acid groups (broad SMARTS) is 2. The minimum atomic E-state index is -4.82. The zero-order chi connectivity index (χ0) is 41.4. The van der Waals surface area contributed by atoms with E-state index < -0.39 is 62.4 Å². The average molecular weight is 814 g/mol. The molecule has 2 fully saturated rings. The van der Waals surface area contributed by atoms with Crippen molar-refractivity contribution in [3.05, 3.63) is 63.7 Å². The number of likely N-dealkylation sites (tertiary alicyclic amines) is 1. The molecule has 0 atom stereocenters. The molecule has 0 aromatic heterocycles. The van der Waals surface area contributed by atoms with Crippen molar-refractivity contribution in [2.45, 2.75) is 84.5 Å². The number of halogens is 3. The van der Waals surface area contributed by atoms with Gasteiger partial charge < -0.3 is 19.8 Å². The van der Waals surface area contributed by atoms with Crippen molar-refractivity contribution in [2.24, 2.45) is 11.8 Å². The van der Waals surface area contributed by atoms with Gasteiger partial charge in [0.2, 0.25) is 15.4 Å². The van der Waals surface area contributed by atoms with Crippen molar-refractivity contribution in [2.75, 3.05) is 56.5 Å². The fourth-order valence-corrected chi connectivity index (χ4v) is 11.2. The second-order valence-corrected chi connectivity index (χ2v) is 19.0. The lowest BCUT2D eigenvalue weighted by Gasteiger charge is -2.44. The minimum absolute atomic E-state index is 0.0258. The highest BCUT2D eigenvalue weighted by molar-refractivity contribution is 7.89. The monoisotopic (exact) mass is 813 g/mol. The van der Waals surface area contributed by atoms with Gasteiger partial charge in [0.15, 0.2) is 5.54 Å². The van der Waals surface area contributed by atoms with Gasteiger partial charge in [-0.25, -0.2) is 17.3 Å². The van der Waals surface area contributed by atoms with Crippen LogP contribution in [0.1, 0.15) is 83.9 Å². The average Bonchev–Trinajstić information content (AvgIpc) is 3.12. The van der Waals surface area contributed by atoms with Crippen molar-refractivity contribution in [1.29, 1.82) is 0 Å². The van der Waals surface area contributed by atoms with Crippen molar-refractivity contribution < 1.29 is 46.1 Å². The van der Waals surface area contributed by atoms with E-state index in [2.05, 4.69) is 29.4 Å². The molecule has 0 amide bonds. The molecule has 2 aromatic carbocycles. The molecule has 0 bridgehead atoms. The van der Waals surface area contributed by atoms with Crippen molar-refractivity contribution >= 4 is 44.4 Å². The number of anilines is 1. The molecular formula is C42H52F3N4O7S+. The summed E-state index contributed by atoms with van der Waals surface area (Å²) >= 11 is 0. The number of ether oxygens (including phenoxy) is 1. The zero-order valence-electron chi connectivity index (χ0n) is 33.4. The molecule has 2 aromatic rings. The highest BCUT2D eigenvalue weighted by Crippen LogP contribution is 2.48. The van der Waals surface area contributed by atoms with E-state index in [4.69, 9.17) is 4.74 Å². The number of alkyl halides is 3. The molecule has 2 saturated heterocycles. The summed E-state index contributed by atoms with van der Waals surface area (Å²) in [6.45, 7) is 14.7. The Morgan fingerprint density at radius 3 is 2.02 bits per heavy atom. The van der Waals surface area contributed by atoms with Crippen LogP contribution in [0.3, 0.4) is 0 Å². The van der Waals surface area contributed by atoms with E-state index in [1.54, 1.807) is 18.2 Å². The number of carboxylic acids is 2. The van der Waals surface area contributed by atoms with E-state index in [1.807, 2.05) is 38.7 Å². The van der Waals surface area contributed by atoms with Crippen LogP contribution in [0, 0.1) is 11.8 Å². The summed E-state index contributed by atoms with van der Waals surface area (Å²) in [6.07, 6.45) is 0.455. The number of likely N-dealkylation sites (N-methyl/N-ethyl adjacent to an activating group) is 2. The largest absolute Gasteiger partial charge is 0.481 e. The van der Waals surface area contributed by atoms with Gasteiger partial charge in [0.05, 0.1) is 40.3 Å². The fraction of sp³-hybridized carbons (Fsp3) is 0.548. The molecular weight excluding hydrogens is 762 g/mol. The molecule has 0 spiro atoms. The molecule has 57 heavy (non-hydrogen) atoms. The second kappa shape index (κ2) is 14.6. The molecule has 11 nitrogen and oxygen atoms in total. The van der Waals surface area contributed by atoms with Gasteiger partial charge in [-0.15, -0.1) is 0 Å². The van der Waals surface area contributed by atoms with Crippen LogP contribution in [0.5, 0.6) is 11.5 Å². The van der Waals surface area contributed by atoms with Gasteiger partial charge in [0.25, 0.3) is 0 Å². The number of nitrogens with zero attached hydrogens (tertiary/aromatic N) is 4. The van der Waals surface area contributed by atoms with Crippen LogP contribution >= 0.6 is 0 Å². The Bertz CT molecular complexity index is 2320. The first-order valence-corrected chi connectivity index (χ1v) is 21.4. The minimum Gasteiger partial charge on any atom is -0.481 e. The summed E-state index contributed by atoms with van der Waals surface area (Å²) in [7, 11) is -3.97. The van der Waals surface area contributed by atoms with Gasteiger partial charge >= 0.3 is 18.1 Å². The summed E-state index contributed by atoms with van der Waals surface area (Å²) in [5, 5.41) is 19.6. The van der Waals surface area contributed by atoms with Crippen LogP contribution in [-0.2, 0) is 19.6 Å². The third kappa shape index (κ3) is 7.51. The van der Waals surface area contributed by atoms with E-state index in [0.29, 0.717) is 68.0 Å². The molecule has 5 aliphatic rings. The zero-order valence-corrected chi connectivity index (χ0v) is 34.2. The first-order chi connectivity index (χ1) is 26.6. The van der Waals surface area contributed by atoms with Gasteiger partial charge in [0.1, 0.15) is 18.0 Å². The molecule has 15 heteroatoms. The lowest BCUT2D eigenvalue weighted by atomic mass is 9.85. The molecule has 7 rings (SSSR count). The predicted molar refractivity (Wildman–Crippen MR) is 212 cm³/mol. The van der Waals surface area contributed by atoms with E-state index in [-0.39, 0.29) is 48.2 Å². The number of hydrogen-bond donors (Lipinski definition) is 2. The van der Waals surface area contributed by atoms with Crippen LogP contribution < -0.4 is 24.8 Å². The van der Waals surface area contributed by atoms with Gasteiger partial charge in [-0.05, 0) is 95.8 Å². The predicted octanol–water partition coefficient (Wildman–Crippen LogP) is 5.17. The number of rotatable bonds is 9. The standard InChI is InChI=1S/C42H51F3N4O7S/c1-7-48-33-19-35-31(17-29(33)27(21-40(48,3)4)23-46-13-9-25(10-14-46)38(50)51)37(42(43,44)45)32-18-30-28(22-41(5,6)49(8-2)34(30)20-36(32)56-35)24-57(54,55)47-15-11-26(12-16-47)39(52)53/h17-22,25-26H,7-16,23-24H2,1-6H3,(H-,50,51,52,53)/p+1. The van der Waals surface area contributed by atoms with E-state index in [9.17, 15) is 28.2 Å². The molecule has 5 aliphatic heterocycles. The normalized spacial score (nSPS) is 21.5. The maximum Gasteiger partial charge on any atom is 0.417 e. The number of piperidine rings is 2. The molecule has 308 valence electrons. The summed E-state index contributed by atoms with van der Waals surface area (Å²) in [6, 6.07) is 6.32. The van der Waals surface area contributed by atoms with Crippen molar-refractivity contribution in [1.82, 2.24) is 13.8 Å². The van der Waals surface area contributed by atoms with Gasteiger partial charge in [-0.2, -0.15) is 13.2 Å². The summed E-state index contributed by atoms with van der Waals surface area (Å²) in [5.41, 5.74) is 0.595. The Kier molecular flexibility index (Phi) is 10.5. The Hall–Kier alpha value is -4.21. The molecule has 0 radical (unpaired) electrons. The highest BCUT2D eigenvalue weighted by atomic mass is 32.2. The summed E-state index contributed by atoms with van der Waals surface area (Å²) in [5.74, 6) is -3.16. The van der Waals surface area contributed by atoms with Crippen LogP contribution in [-0.4, -0.2) is 109 Å². The SMILES string of the molecule is CCN1c2cc3c(cc2C(CS(=O)(=O)N2CCC(C(=O)O)CC2)=CC1(C)C)C(C(F)(F)F)=c1cc2c(cc1O3)=[N+](CC)C(C)(C)C=C2CN1CCC(C(=O)O)CC1. The Balaban J connectivity index is 1.37. The third-order valence-electron chi connectivity index (χ3n) is 12.5. The number of sulfonamides is 1. The van der Waals surface area contributed by atoms with Gasteiger partial charge in [0, 0.05) is 68.1 Å². The van der Waals surface area contributed by atoms with Crippen LogP contribution in [0.15, 0.2) is 36.4 Å². The third-order valence-corrected chi connectivity index (χ3v) is 14.3. The molecule has 0 aliphatic carbocycles. The van der Waals surface area contributed by atoms with Crippen molar-refractivity contribution in [3.63, 3.8) is 0 Å². The highest BCUT2D eigenvalue weighted by Gasteiger charge is 2.44. The molecule has 0 saturated carbocycles. The van der Waals surface area contributed by atoms with Gasteiger partial charge in [-0.1, -0.05) is 6.08 Å². The smallest absolute Gasteiger partial charge is 0.417 e. The number of carbonyl (C=O) groups is 2. The lowest BCUT2D eigenvalue weighted by Crippen LogP contribution is -2.50. The topological polar surface area (TPSA) is 131 Å². The quantitative estimate of drug-likeness (QED) is 0.330. The Morgan fingerprint density at radius 1 is 0.842 bits per heavy atom. The van der Waals surface area contributed by atoms with Crippen molar-refractivity contribution in [3.8, 4) is 11.5 Å². The van der Waals surface area contributed by atoms with Crippen LogP contribution in [0.25, 0.3) is 16.7 Å². The number of benzene rings is 2. The van der Waals surface area contributed by atoms with E-state index in [1.165, 1.54) is 10.4 Å². The van der Waals surface area contributed by atoms with Crippen LogP contribution in [0.2, 0.25) is 0 Å². The van der Waals surface area contributed by atoms with E-state index in [0.717, 1.165) is 10.9 Å². The summed E-state index contributed by atoms with van der Waals surface area (Å²) in [4.78, 5) is 27.4. The maximum atomic E-state index is 15.6. The Morgan fingerprint density at radius 2 is 1.46 bits per heavy atom. The molecule has 0 unspecified atom stereocenters. The summed E-state index contributed by atoms with van der Waals surface area (Å²) < 4.78 is 84.6. The first kappa shape index (κ1) is 41.0. The van der Waals surface area contributed by atoms with E-state index >= 15 is 13.2 Å². The second-order valence-electron chi connectivity index (χ2n) is 17.0. The lowest BCUT2D eigenvalue weighted by molar-refractivity contribution is -0.144. The number of aliphatic carboxylic acids is 2. The fourth-order valence-electron chi connectivity index (χ4n) is 9.67. The first-order valence-electron chi connectivity index (χ1n) is 19.8. The molecule has 5 heterocycles. The molecule has 2 N–H and O–H groups in total.